The van der Waals surface area contributed by atoms with Gasteiger partial charge in [-0.15, -0.1) is 5.10 Å². The van der Waals surface area contributed by atoms with Crippen LogP contribution in [0.15, 0.2) is 30.3 Å². The van der Waals surface area contributed by atoms with Gasteiger partial charge in [-0.05, 0) is 25.0 Å². The number of para-hydroxylation sites is 1. The summed E-state index contributed by atoms with van der Waals surface area (Å²) in [5, 5.41) is 12.9. The van der Waals surface area contributed by atoms with Crippen molar-refractivity contribution in [1.29, 1.82) is 0 Å². The Bertz CT molecular complexity index is 590. The molecule has 5 nitrogen and oxygen atoms in total. The van der Waals surface area contributed by atoms with E-state index in [0.717, 1.165) is 23.4 Å². The number of aliphatic carboxylic acids is 1. The SMILES string of the molecule is CCc1cc(OCC(=O)O)nn1-c1ccccc1C. The van der Waals surface area contributed by atoms with Gasteiger partial charge in [0.05, 0.1) is 5.69 Å². The first-order valence-corrected chi connectivity index (χ1v) is 6.11. The summed E-state index contributed by atoms with van der Waals surface area (Å²) in [6, 6.07) is 9.67. The third-order valence-corrected chi connectivity index (χ3v) is 2.81. The molecule has 5 heteroatoms. The van der Waals surface area contributed by atoms with Gasteiger partial charge < -0.3 is 9.84 Å². The van der Waals surface area contributed by atoms with E-state index >= 15 is 0 Å². The Morgan fingerprint density at radius 2 is 2.16 bits per heavy atom. The fourth-order valence-electron chi connectivity index (χ4n) is 1.86. The van der Waals surface area contributed by atoms with Crippen molar-refractivity contribution in [2.75, 3.05) is 6.61 Å². The molecule has 0 saturated heterocycles. The first-order chi connectivity index (χ1) is 9.11. The Balaban J connectivity index is 2.35. The molecular formula is C14H16N2O3. The summed E-state index contributed by atoms with van der Waals surface area (Å²) in [5.74, 6) is -0.675. The van der Waals surface area contributed by atoms with E-state index in [9.17, 15) is 4.79 Å². The molecule has 0 bridgehead atoms. The zero-order valence-electron chi connectivity index (χ0n) is 11.0. The summed E-state index contributed by atoms with van der Waals surface area (Å²) in [6.07, 6.45) is 0.789. The number of rotatable bonds is 5. The van der Waals surface area contributed by atoms with E-state index in [1.165, 1.54) is 0 Å². The van der Waals surface area contributed by atoms with Crippen molar-refractivity contribution in [2.45, 2.75) is 20.3 Å². The second-order valence-corrected chi connectivity index (χ2v) is 4.21. The minimum atomic E-state index is -1.01. The fraction of sp³-hybridized carbons (Fsp3) is 0.286. The monoisotopic (exact) mass is 260 g/mol. The predicted molar refractivity (Wildman–Crippen MR) is 70.8 cm³/mol. The van der Waals surface area contributed by atoms with Gasteiger partial charge in [0, 0.05) is 11.8 Å². The van der Waals surface area contributed by atoms with Crippen LogP contribution >= 0.6 is 0 Å². The van der Waals surface area contributed by atoms with Crippen LogP contribution in [0.5, 0.6) is 5.88 Å². The van der Waals surface area contributed by atoms with Crippen molar-refractivity contribution in [2.24, 2.45) is 0 Å². The van der Waals surface area contributed by atoms with Gasteiger partial charge in [0.25, 0.3) is 0 Å². The van der Waals surface area contributed by atoms with Gasteiger partial charge in [0.1, 0.15) is 0 Å². The summed E-state index contributed by atoms with van der Waals surface area (Å²) in [6.45, 7) is 3.65. The minimum Gasteiger partial charge on any atom is -0.479 e. The highest BCUT2D eigenvalue weighted by molar-refractivity contribution is 5.68. The number of carboxylic acids is 1. The quantitative estimate of drug-likeness (QED) is 0.895. The van der Waals surface area contributed by atoms with Crippen LogP contribution in [0.25, 0.3) is 5.69 Å². The van der Waals surface area contributed by atoms with Gasteiger partial charge >= 0.3 is 5.97 Å². The maximum absolute atomic E-state index is 10.5. The molecule has 0 fully saturated rings. The molecule has 2 rings (SSSR count). The average Bonchev–Trinajstić information content (AvgIpc) is 2.80. The van der Waals surface area contributed by atoms with E-state index in [2.05, 4.69) is 5.10 Å². The summed E-state index contributed by atoms with van der Waals surface area (Å²) in [4.78, 5) is 10.5. The highest BCUT2D eigenvalue weighted by Crippen LogP contribution is 2.20. The molecule has 0 amide bonds. The van der Waals surface area contributed by atoms with Gasteiger partial charge in [0.2, 0.25) is 5.88 Å². The molecule has 0 saturated carbocycles. The number of hydrogen-bond acceptors (Lipinski definition) is 3. The molecule has 1 aromatic carbocycles. The molecule has 0 atom stereocenters. The number of aromatic nitrogens is 2. The predicted octanol–water partition coefficient (Wildman–Crippen LogP) is 2.21. The Morgan fingerprint density at radius 1 is 1.42 bits per heavy atom. The van der Waals surface area contributed by atoms with E-state index in [1.807, 2.05) is 38.1 Å². The van der Waals surface area contributed by atoms with Crippen LogP contribution in [0.2, 0.25) is 0 Å². The van der Waals surface area contributed by atoms with Crippen LogP contribution in [0.4, 0.5) is 0 Å². The molecule has 0 spiro atoms. The lowest BCUT2D eigenvalue weighted by Gasteiger charge is -2.08. The smallest absolute Gasteiger partial charge is 0.341 e. The fourth-order valence-corrected chi connectivity index (χ4v) is 1.86. The largest absolute Gasteiger partial charge is 0.479 e. The van der Waals surface area contributed by atoms with Crippen molar-refractivity contribution in [3.05, 3.63) is 41.6 Å². The molecule has 0 radical (unpaired) electrons. The van der Waals surface area contributed by atoms with Gasteiger partial charge in [-0.3, -0.25) is 0 Å². The Morgan fingerprint density at radius 3 is 2.79 bits per heavy atom. The molecule has 1 aromatic heterocycles. The van der Waals surface area contributed by atoms with Gasteiger partial charge in [0.15, 0.2) is 6.61 Å². The highest BCUT2D eigenvalue weighted by atomic mass is 16.5. The Labute approximate surface area is 111 Å². The second-order valence-electron chi connectivity index (χ2n) is 4.21. The maximum Gasteiger partial charge on any atom is 0.341 e. The van der Waals surface area contributed by atoms with E-state index in [-0.39, 0.29) is 6.61 Å². The van der Waals surface area contributed by atoms with Crippen molar-refractivity contribution in [3.8, 4) is 11.6 Å². The van der Waals surface area contributed by atoms with Crippen LogP contribution < -0.4 is 4.74 Å². The highest BCUT2D eigenvalue weighted by Gasteiger charge is 2.11. The zero-order chi connectivity index (χ0) is 13.8. The van der Waals surface area contributed by atoms with Gasteiger partial charge in [-0.2, -0.15) is 0 Å². The van der Waals surface area contributed by atoms with Crippen molar-refractivity contribution in [3.63, 3.8) is 0 Å². The molecule has 0 aliphatic carbocycles. The first kappa shape index (κ1) is 13.1. The normalized spacial score (nSPS) is 10.4. The molecule has 1 N–H and O–H groups in total. The zero-order valence-corrected chi connectivity index (χ0v) is 11.0. The number of benzene rings is 1. The summed E-state index contributed by atoms with van der Waals surface area (Å²) < 4.78 is 6.92. The van der Waals surface area contributed by atoms with E-state index in [0.29, 0.717) is 5.88 Å². The second kappa shape index (κ2) is 5.56. The van der Waals surface area contributed by atoms with Crippen LogP contribution in [0.3, 0.4) is 0 Å². The Hall–Kier alpha value is -2.30. The number of hydrogen-bond donors (Lipinski definition) is 1. The van der Waals surface area contributed by atoms with Crippen molar-refractivity contribution < 1.29 is 14.6 Å². The van der Waals surface area contributed by atoms with Gasteiger partial charge in [-0.25, -0.2) is 9.48 Å². The molecule has 0 aliphatic heterocycles. The van der Waals surface area contributed by atoms with Gasteiger partial charge in [-0.1, -0.05) is 25.1 Å². The maximum atomic E-state index is 10.5. The topological polar surface area (TPSA) is 64.3 Å². The van der Waals surface area contributed by atoms with Crippen LogP contribution in [-0.2, 0) is 11.2 Å². The molecule has 0 aliphatic rings. The number of nitrogens with zero attached hydrogens (tertiary/aromatic N) is 2. The third kappa shape index (κ3) is 2.93. The first-order valence-electron chi connectivity index (χ1n) is 6.11. The number of carboxylic acid groups (broad SMARTS) is 1. The Kier molecular flexibility index (Phi) is 3.85. The van der Waals surface area contributed by atoms with Crippen LogP contribution in [0.1, 0.15) is 18.2 Å². The standard InChI is InChI=1S/C14H16N2O3/c1-3-11-8-13(19-9-14(17)18)15-16(11)12-7-5-4-6-10(12)2/h4-8H,3,9H2,1-2H3,(H,17,18). The molecule has 2 aromatic rings. The van der Waals surface area contributed by atoms with Crippen molar-refractivity contribution in [1.82, 2.24) is 9.78 Å². The minimum absolute atomic E-state index is 0.336. The number of ether oxygens (including phenoxy) is 1. The van der Waals surface area contributed by atoms with E-state index < -0.39 is 5.97 Å². The van der Waals surface area contributed by atoms with Crippen LogP contribution in [-0.4, -0.2) is 27.5 Å². The lowest BCUT2D eigenvalue weighted by atomic mass is 10.2. The van der Waals surface area contributed by atoms with Crippen molar-refractivity contribution >= 4 is 5.97 Å². The number of aryl methyl sites for hydroxylation is 2. The average molecular weight is 260 g/mol. The summed E-state index contributed by atoms with van der Waals surface area (Å²) in [5.41, 5.74) is 3.06. The lowest BCUT2D eigenvalue weighted by molar-refractivity contribution is -0.139. The molecular weight excluding hydrogens is 244 g/mol. The van der Waals surface area contributed by atoms with E-state index in [1.54, 1.807) is 10.7 Å². The summed E-state index contributed by atoms with van der Waals surface area (Å²) in [7, 11) is 0. The molecule has 1 heterocycles. The third-order valence-electron chi connectivity index (χ3n) is 2.81. The molecule has 19 heavy (non-hydrogen) atoms. The number of carbonyl (C=O) groups is 1. The lowest BCUT2D eigenvalue weighted by Crippen LogP contribution is -2.10. The van der Waals surface area contributed by atoms with Crippen LogP contribution in [0, 0.1) is 6.92 Å². The van der Waals surface area contributed by atoms with E-state index in [4.69, 9.17) is 9.84 Å². The molecule has 100 valence electrons. The molecule has 0 unspecified atom stereocenters. The summed E-state index contributed by atoms with van der Waals surface area (Å²) >= 11 is 0.